The molecule has 18 aromatic heterocycles. The molecular formula is C101H94N18Ru3. The van der Waals surface area contributed by atoms with E-state index in [0.29, 0.717) is 0 Å². The Morgan fingerprint density at radius 1 is 0.107 bits per heavy atom. The number of hydrogen-bond acceptors (Lipinski definition) is 18. The van der Waals surface area contributed by atoms with Crippen molar-refractivity contribution in [1.29, 1.82) is 0 Å². The van der Waals surface area contributed by atoms with Gasteiger partial charge in [0.1, 0.15) is 0 Å². The minimum atomic E-state index is 0. The normalized spacial score (nSPS) is 9.73. The van der Waals surface area contributed by atoms with Crippen LogP contribution in [0.15, 0.2) is 372 Å². The molecule has 0 spiro atoms. The van der Waals surface area contributed by atoms with Gasteiger partial charge in [0, 0.05) is 170 Å². The Balaban J connectivity index is 0.000000188. The number of aryl methyl sites for hydroxylation is 11. The number of hydrogen-bond donors (Lipinski definition) is 0. The quantitative estimate of drug-likeness (QED) is 0.122. The van der Waals surface area contributed by atoms with Crippen LogP contribution in [0.4, 0.5) is 0 Å². The van der Waals surface area contributed by atoms with Crippen molar-refractivity contribution in [3.05, 3.63) is 434 Å². The van der Waals surface area contributed by atoms with E-state index in [9.17, 15) is 0 Å². The zero-order valence-electron chi connectivity index (χ0n) is 69.8. The molecule has 0 aliphatic heterocycles. The molecule has 612 valence electrons. The molecule has 18 aromatic rings. The molecule has 0 atom stereocenters. The summed E-state index contributed by atoms with van der Waals surface area (Å²) in [5.41, 5.74) is 30.0. The second-order valence-electron chi connectivity index (χ2n) is 27.4. The summed E-state index contributed by atoms with van der Waals surface area (Å²) in [7, 11) is 0. The molecule has 0 aliphatic rings. The smallest absolute Gasteiger partial charge is 0.0888 e. The zero-order chi connectivity index (χ0) is 83.6. The van der Waals surface area contributed by atoms with Crippen LogP contribution in [-0.2, 0) is 58.4 Å². The van der Waals surface area contributed by atoms with Gasteiger partial charge in [-0.05, 0) is 356 Å². The van der Waals surface area contributed by atoms with E-state index in [4.69, 9.17) is 0 Å². The van der Waals surface area contributed by atoms with Gasteiger partial charge in [-0.15, -0.1) is 0 Å². The molecule has 0 fully saturated rings. The molecule has 0 amide bonds. The van der Waals surface area contributed by atoms with Gasteiger partial charge in [-0.1, -0.05) is 42.5 Å². The van der Waals surface area contributed by atoms with Crippen molar-refractivity contribution in [2.75, 3.05) is 0 Å². The fourth-order valence-corrected chi connectivity index (χ4v) is 11.0. The van der Waals surface area contributed by atoms with Crippen molar-refractivity contribution in [1.82, 2.24) is 89.7 Å². The van der Waals surface area contributed by atoms with Crippen LogP contribution in [0, 0.1) is 76.2 Å². The second kappa shape index (κ2) is 52.5. The minimum absolute atomic E-state index is 0. The first kappa shape index (κ1) is 95.7. The Labute approximate surface area is 754 Å². The van der Waals surface area contributed by atoms with Crippen LogP contribution in [0.1, 0.15) is 61.2 Å². The fraction of sp³-hybridized carbons (Fsp3) is 0.109. The summed E-state index contributed by atoms with van der Waals surface area (Å²) >= 11 is 0. The van der Waals surface area contributed by atoms with Crippen molar-refractivity contribution in [2.24, 2.45) is 0 Å². The van der Waals surface area contributed by atoms with Crippen LogP contribution in [0.25, 0.3) is 102 Å². The zero-order valence-corrected chi connectivity index (χ0v) is 75.0. The molecule has 18 nitrogen and oxygen atoms in total. The van der Waals surface area contributed by atoms with Crippen LogP contribution >= 0.6 is 0 Å². The van der Waals surface area contributed by atoms with Gasteiger partial charge in [0.2, 0.25) is 0 Å². The predicted octanol–water partition coefficient (Wildman–Crippen LogP) is 22.7. The molecule has 0 radical (unpaired) electrons. The van der Waals surface area contributed by atoms with Gasteiger partial charge in [0.05, 0.1) is 102 Å². The molecule has 18 heterocycles. The average Bonchev–Trinajstić information content (AvgIpc) is 0.842. The monoisotopic (exact) mass is 1860 g/mol. The van der Waals surface area contributed by atoms with E-state index in [0.717, 1.165) is 102 Å². The molecule has 0 unspecified atom stereocenters. The Bertz CT molecular complexity index is 5170. The number of aromatic nitrogens is 18. The molecule has 0 aliphatic carbocycles. The summed E-state index contributed by atoms with van der Waals surface area (Å²) in [6.45, 7) is 22.6. The van der Waals surface area contributed by atoms with Gasteiger partial charge in [0.15, 0.2) is 0 Å². The molecule has 21 heteroatoms. The third-order valence-electron chi connectivity index (χ3n) is 17.1. The average molecular weight is 1860 g/mol. The number of rotatable bonds is 9. The van der Waals surface area contributed by atoms with E-state index < -0.39 is 0 Å². The molecule has 0 N–H and O–H groups in total. The van der Waals surface area contributed by atoms with Gasteiger partial charge in [0.25, 0.3) is 0 Å². The maximum absolute atomic E-state index is 4.29. The summed E-state index contributed by atoms with van der Waals surface area (Å²) < 4.78 is 0. The first-order valence-electron chi connectivity index (χ1n) is 38.6. The largest absolute Gasteiger partial charge is 0.255 e. The number of nitrogens with zero attached hydrogens (tertiary/aromatic N) is 18. The third kappa shape index (κ3) is 33.4. The van der Waals surface area contributed by atoms with E-state index in [1.165, 1.54) is 61.2 Å². The van der Waals surface area contributed by atoms with Crippen molar-refractivity contribution in [2.45, 2.75) is 76.2 Å². The van der Waals surface area contributed by atoms with E-state index in [1.807, 2.05) is 331 Å². The first-order chi connectivity index (χ1) is 58.0. The molecule has 0 bridgehead atoms. The topological polar surface area (TPSA) is 232 Å². The first-order valence-corrected chi connectivity index (χ1v) is 38.6. The predicted molar refractivity (Wildman–Crippen MR) is 479 cm³/mol. The van der Waals surface area contributed by atoms with Crippen LogP contribution in [0.3, 0.4) is 0 Å². The summed E-state index contributed by atoms with van der Waals surface area (Å²) in [5, 5.41) is 0. The van der Waals surface area contributed by atoms with Gasteiger partial charge >= 0.3 is 0 Å². The fourth-order valence-electron chi connectivity index (χ4n) is 11.0. The summed E-state index contributed by atoms with van der Waals surface area (Å²) in [4.78, 5) is 76.5. The summed E-state index contributed by atoms with van der Waals surface area (Å²) in [5.74, 6) is 0. The van der Waals surface area contributed by atoms with Crippen LogP contribution in [0.2, 0.25) is 0 Å². The maximum Gasteiger partial charge on any atom is 0.0888 e. The van der Waals surface area contributed by atoms with E-state index in [1.54, 1.807) is 62.0 Å². The minimum Gasteiger partial charge on any atom is -0.255 e. The Kier molecular flexibility index (Phi) is 41.2. The van der Waals surface area contributed by atoms with E-state index in [-0.39, 0.29) is 58.4 Å². The van der Waals surface area contributed by atoms with Crippen molar-refractivity contribution >= 4 is 0 Å². The van der Waals surface area contributed by atoms with Gasteiger partial charge in [-0.3, -0.25) is 89.7 Å². The molecule has 0 saturated heterocycles. The SMILES string of the molecule is Cc1ccnc(-c2cc(C)ccn2)c1.Cc1ccnc(-c2cc(C)ccn2)c1.Cc1ccnc(-c2cc(C)ccn2)c1.Cc1ccnc(-c2cc(C)ccn2)c1.Cc1ccnc(-c2ccccn2)c1.Cc1ccnc(-c2ccccn2)c1.Cc1ccnc(-c2ccccn2)c1.[Ru].[Ru].[Ru].c1ccc(-c2ccccn2)nc1.c1ccc(-c2ccccn2)nc1. The summed E-state index contributed by atoms with van der Waals surface area (Å²) in [6, 6.07) is 84.9. The molecular weight excluding hydrogens is 1770 g/mol. The molecule has 0 aromatic carbocycles. The van der Waals surface area contributed by atoms with Crippen molar-refractivity contribution in [3.63, 3.8) is 0 Å². The standard InChI is InChI=1S/4C12H12N2.3C11H10N2.2C10H8N2.3Ru/c4*1-9-3-5-13-11(7-9)12-8-10(2)4-6-14-12;3*1-9-5-7-13-11(8-9)10-4-2-3-6-12-10;2*1-3-7-11-9(5-1)10-6-2-4-8-12-10;;;/h4*3-8H,1-2H3;3*2-8H,1H3;2*1-8H;;;. The van der Waals surface area contributed by atoms with Crippen LogP contribution in [-0.4, -0.2) is 89.7 Å². The third-order valence-corrected chi connectivity index (χ3v) is 17.1. The van der Waals surface area contributed by atoms with Crippen LogP contribution < -0.4 is 0 Å². The Morgan fingerprint density at radius 2 is 0.197 bits per heavy atom. The van der Waals surface area contributed by atoms with Gasteiger partial charge < -0.3 is 0 Å². The number of pyridine rings is 18. The van der Waals surface area contributed by atoms with E-state index in [2.05, 4.69) is 145 Å². The Morgan fingerprint density at radius 3 is 0.287 bits per heavy atom. The van der Waals surface area contributed by atoms with Crippen molar-refractivity contribution in [3.8, 4) is 102 Å². The second-order valence-corrected chi connectivity index (χ2v) is 27.4. The van der Waals surface area contributed by atoms with Gasteiger partial charge in [-0.25, -0.2) is 0 Å². The molecule has 122 heavy (non-hydrogen) atoms. The molecule has 18 rings (SSSR count). The van der Waals surface area contributed by atoms with Crippen LogP contribution in [0.5, 0.6) is 0 Å². The van der Waals surface area contributed by atoms with Crippen molar-refractivity contribution < 1.29 is 58.4 Å². The Hall–Kier alpha value is -13.4. The van der Waals surface area contributed by atoms with Gasteiger partial charge in [-0.2, -0.15) is 0 Å². The maximum atomic E-state index is 4.29. The molecule has 0 saturated carbocycles. The van der Waals surface area contributed by atoms with E-state index >= 15 is 0 Å². The summed E-state index contributed by atoms with van der Waals surface area (Å²) in [6.07, 6.45) is 32.3.